The van der Waals surface area contributed by atoms with Crippen LogP contribution in [0.3, 0.4) is 0 Å². The summed E-state index contributed by atoms with van der Waals surface area (Å²) in [6.45, 7) is 5.93. The molecule has 3 nitrogen and oxygen atoms in total. The van der Waals surface area contributed by atoms with Crippen molar-refractivity contribution in [2.24, 2.45) is 0 Å². The van der Waals surface area contributed by atoms with E-state index in [0.717, 1.165) is 31.6 Å². The van der Waals surface area contributed by atoms with Crippen molar-refractivity contribution < 1.29 is 14.2 Å². The van der Waals surface area contributed by atoms with E-state index < -0.39 is 6.10 Å². The van der Waals surface area contributed by atoms with Gasteiger partial charge in [-0.05, 0) is 38.8 Å². The Balaban J connectivity index is 2.23. The van der Waals surface area contributed by atoms with E-state index in [-0.39, 0.29) is 11.9 Å². The maximum Gasteiger partial charge on any atom is 0.131 e. The summed E-state index contributed by atoms with van der Waals surface area (Å²) in [5.74, 6) is -0.342. The fraction of sp³-hybridized carbons (Fsp3) is 0.600. The molecule has 0 bridgehead atoms. The molecule has 1 unspecified atom stereocenters. The van der Waals surface area contributed by atoms with Gasteiger partial charge in [0.15, 0.2) is 0 Å². The number of anilines is 1. The minimum atomic E-state index is -0.802. The largest absolute Gasteiger partial charge is 0.389 e. The second-order valence-corrected chi connectivity index (χ2v) is 5.01. The molecule has 4 heteroatoms. The highest BCUT2D eigenvalue weighted by atomic mass is 19.1. The Hall–Kier alpha value is -1.13. The van der Waals surface area contributed by atoms with Gasteiger partial charge in [0.1, 0.15) is 5.82 Å². The normalized spacial score (nSPS) is 21.5. The van der Waals surface area contributed by atoms with Crippen molar-refractivity contribution in [2.75, 3.05) is 24.6 Å². The fourth-order valence-corrected chi connectivity index (χ4v) is 2.74. The molecule has 0 spiro atoms. The van der Waals surface area contributed by atoms with E-state index in [9.17, 15) is 9.50 Å². The van der Waals surface area contributed by atoms with Crippen molar-refractivity contribution in [1.29, 1.82) is 0 Å². The Labute approximate surface area is 114 Å². The Bertz CT molecular complexity index is 421. The Morgan fingerprint density at radius 3 is 3.00 bits per heavy atom. The van der Waals surface area contributed by atoms with Gasteiger partial charge in [0.25, 0.3) is 0 Å². The van der Waals surface area contributed by atoms with Crippen LogP contribution in [0.2, 0.25) is 0 Å². The molecule has 1 saturated heterocycles. The predicted molar refractivity (Wildman–Crippen MR) is 73.9 cm³/mol. The number of halogens is 1. The highest BCUT2D eigenvalue weighted by Gasteiger charge is 2.24. The first kappa shape index (κ1) is 14.3. The molecular formula is C15H22FNO2. The minimum absolute atomic E-state index is 0.198. The molecule has 19 heavy (non-hydrogen) atoms. The van der Waals surface area contributed by atoms with Gasteiger partial charge in [-0.2, -0.15) is 0 Å². The SMILES string of the molecule is CCOC1CCCN(c2cccc(F)c2[C@@H](C)O)C1. The maximum absolute atomic E-state index is 13.9. The molecule has 2 atom stereocenters. The number of hydrogen-bond acceptors (Lipinski definition) is 3. The average molecular weight is 267 g/mol. The van der Waals surface area contributed by atoms with E-state index in [1.165, 1.54) is 6.07 Å². The van der Waals surface area contributed by atoms with Crippen LogP contribution in [-0.2, 0) is 4.74 Å². The minimum Gasteiger partial charge on any atom is -0.389 e. The molecule has 1 fully saturated rings. The van der Waals surface area contributed by atoms with Crippen LogP contribution in [0, 0.1) is 5.82 Å². The van der Waals surface area contributed by atoms with E-state index in [1.807, 2.05) is 13.0 Å². The van der Waals surface area contributed by atoms with Gasteiger partial charge in [0.2, 0.25) is 0 Å². The van der Waals surface area contributed by atoms with Gasteiger partial charge in [0.05, 0.1) is 12.2 Å². The molecule has 1 aromatic rings. The fourth-order valence-electron chi connectivity index (χ4n) is 2.74. The summed E-state index contributed by atoms with van der Waals surface area (Å²) in [5.41, 5.74) is 1.18. The third-order valence-corrected chi connectivity index (χ3v) is 3.57. The maximum atomic E-state index is 13.9. The number of benzene rings is 1. The standard InChI is InChI=1S/C15H22FNO2/c1-3-19-12-6-5-9-17(10-12)14-8-4-7-13(16)15(14)11(2)18/h4,7-8,11-12,18H,3,5-6,9-10H2,1-2H3/t11-,12?/m1/s1. The first-order valence-electron chi connectivity index (χ1n) is 6.96. The van der Waals surface area contributed by atoms with Gasteiger partial charge in [0, 0.05) is 30.9 Å². The van der Waals surface area contributed by atoms with Gasteiger partial charge in [-0.15, -0.1) is 0 Å². The number of piperidine rings is 1. The summed E-state index contributed by atoms with van der Waals surface area (Å²) in [6.07, 6.45) is 1.47. The highest BCUT2D eigenvalue weighted by molar-refractivity contribution is 5.55. The molecule has 0 radical (unpaired) electrons. The second kappa shape index (κ2) is 6.35. The Morgan fingerprint density at radius 2 is 2.32 bits per heavy atom. The lowest BCUT2D eigenvalue weighted by Gasteiger charge is -2.35. The lowest BCUT2D eigenvalue weighted by atomic mass is 10.0. The molecule has 0 aliphatic carbocycles. The van der Waals surface area contributed by atoms with Gasteiger partial charge in [-0.25, -0.2) is 4.39 Å². The molecule has 1 aromatic carbocycles. The van der Waals surface area contributed by atoms with Gasteiger partial charge in [-0.1, -0.05) is 6.07 Å². The molecule has 0 amide bonds. The van der Waals surface area contributed by atoms with Crippen LogP contribution in [0.25, 0.3) is 0 Å². The first-order chi connectivity index (χ1) is 9.13. The van der Waals surface area contributed by atoms with E-state index in [1.54, 1.807) is 13.0 Å². The topological polar surface area (TPSA) is 32.7 Å². The average Bonchev–Trinajstić information content (AvgIpc) is 2.38. The molecule has 1 aliphatic rings. The van der Waals surface area contributed by atoms with Crippen molar-refractivity contribution >= 4 is 5.69 Å². The van der Waals surface area contributed by atoms with E-state index >= 15 is 0 Å². The monoisotopic (exact) mass is 267 g/mol. The lowest BCUT2D eigenvalue weighted by Crippen LogP contribution is -2.40. The quantitative estimate of drug-likeness (QED) is 0.910. The van der Waals surface area contributed by atoms with Crippen molar-refractivity contribution in [1.82, 2.24) is 0 Å². The summed E-state index contributed by atoms with van der Waals surface area (Å²) in [7, 11) is 0. The molecule has 2 rings (SSSR count). The first-order valence-corrected chi connectivity index (χ1v) is 6.96. The Kier molecular flexibility index (Phi) is 4.77. The summed E-state index contributed by atoms with van der Waals surface area (Å²) in [5, 5.41) is 9.79. The number of nitrogens with zero attached hydrogens (tertiary/aromatic N) is 1. The van der Waals surface area contributed by atoms with Crippen LogP contribution in [0.5, 0.6) is 0 Å². The third kappa shape index (κ3) is 3.25. The molecule has 106 valence electrons. The van der Waals surface area contributed by atoms with Gasteiger partial charge in [-0.3, -0.25) is 0 Å². The lowest BCUT2D eigenvalue weighted by molar-refractivity contribution is 0.0525. The molecule has 0 aromatic heterocycles. The van der Waals surface area contributed by atoms with E-state index in [0.29, 0.717) is 12.2 Å². The smallest absolute Gasteiger partial charge is 0.131 e. The summed E-state index contributed by atoms with van der Waals surface area (Å²) in [4.78, 5) is 2.12. The zero-order valence-corrected chi connectivity index (χ0v) is 11.6. The van der Waals surface area contributed by atoms with Crippen LogP contribution in [-0.4, -0.2) is 30.9 Å². The molecular weight excluding hydrogens is 245 g/mol. The summed E-state index contributed by atoms with van der Waals surface area (Å²) < 4.78 is 19.6. The van der Waals surface area contributed by atoms with Crippen molar-refractivity contribution in [3.63, 3.8) is 0 Å². The number of ether oxygens (including phenoxy) is 1. The zero-order chi connectivity index (χ0) is 13.8. The van der Waals surface area contributed by atoms with Crippen LogP contribution in [0.15, 0.2) is 18.2 Å². The number of aliphatic hydroxyl groups is 1. The van der Waals surface area contributed by atoms with Crippen molar-refractivity contribution in [3.05, 3.63) is 29.6 Å². The van der Waals surface area contributed by atoms with Crippen LogP contribution in [0.4, 0.5) is 10.1 Å². The molecule has 1 aliphatic heterocycles. The summed E-state index contributed by atoms with van der Waals surface area (Å²) in [6, 6.07) is 4.97. The summed E-state index contributed by atoms with van der Waals surface area (Å²) >= 11 is 0. The number of hydrogen-bond donors (Lipinski definition) is 1. The van der Waals surface area contributed by atoms with Crippen molar-refractivity contribution in [3.8, 4) is 0 Å². The van der Waals surface area contributed by atoms with Gasteiger partial charge >= 0.3 is 0 Å². The third-order valence-electron chi connectivity index (χ3n) is 3.57. The number of aliphatic hydroxyl groups excluding tert-OH is 1. The Morgan fingerprint density at radius 1 is 1.53 bits per heavy atom. The van der Waals surface area contributed by atoms with Crippen molar-refractivity contribution in [2.45, 2.75) is 38.9 Å². The zero-order valence-electron chi connectivity index (χ0n) is 11.6. The number of rotatable bonds is 4. The van der Waals surface area contributed by atoms with Gasteiger partial charge < -0.3 is 14.7 Å². The molecule has 0 saturated carbocycles. The molecule has 1 heterocycles. The van der Waals surface area contributed by atoms with Crippen LogP contribution in [0.1, 0.15) is 38.4 Å². The molecule has 1 N–H and O–H groups in total. The second-order valence-electron chi connectivity index (χ2n) is 5.01. The highest BCUT2D eigenvalue weighted by Crippen LogP contribution is 2.31. The van der Waals surface area contributed by atoms with Crippen LogP contribution < -0.4 is 4.90 Å². The van der Waals surface area contributed by atoms with E-state index in [2.05, 4.69) is 4.90 Å². The van der Waals surface area contributed by atoms with Crippen LogP contribution >= 0.6 is 0 Å². The predicted octanol–water partition coefficient (Wildman–Crippen LogP) is 2.88. The van der Waals surface area contributed by atoms with E-state index in [4.69, 9.17) is 4.74 Å².